The van der Waals surface area contributed by atoms with E-state index in [4.69, 9.17) is 5.11 Å². The average Bonchev–Trinajstić information content (AvgIpc) is 2.23. The minimum absolute atomic E-state index is 0.00346. The lowest BCUT2D eigenvalue weighted by Gasteiger charge is -2.14. The molecule has 17 heavy (non-hydrogen) atoms. The number of carbonyl (C=O) groups excluding carboxylic acids is 1. The van der Waals surface area contributed by atoms with Gasteiger partial charge in [0.1, 0.15) is 11.6 Å². The number of aliphatic hydroxyl groups is 1. The van der Waals surface area contributed by atoms with Crippen molar-refractivity contribution in [2.24, 2.45) is 0 Å². The molecule has 0 fully saturated rings. The van der Waals surface area contributed by atoms with Crippen molar-refractivity contribution >= 4 is 11.6 Å². The molecular weight excluding hydrogens is 230 g/mol. The zero-order valence-electron chi connectivity index (χ0n) is 9.41. The number of carbonyl (C=O) groups is 1. The predicted octanol–water partition coefficient (Wildman–Crippen LogP) is 0.827. The second-order valence-corrected chi connectivity index (χ2v) is 3.63. The van der Waals surface area contributed by atoms with E-state index >= 15 is 0 Å². The number of halogens is 2. The zero-order valence-corrected chi connectivity index (χ0v) is 9.41. The van der Waals surface area contributed by atoms with Crippen LogP contribution in [0.15, 0.2) is 18.2 Å². The third-order valence-electron chi connectivity index (χ3n) is 2.10. The van der Waals surface area contributed by atoms with Crippen LogP contribution >= 0.6 is 0 Å². The smallest absolute Gasteiger partial charge is 0.238 e. The van der Waals surface area contributed by atoms with Gasteiger partial charge in [0.05, 0.1) is 18.8 Å². The normalized spacial score (nSPS) is 10.6. The molecule has 1 rings (SSSR count). The van der Waals surface area contributed by atoms with Crippen LogP contribution in [-0.2, 0) is 4.79 Å². The summed E-state index contributed by atoms with van der Waals surface area (Å²) in [6, 6.07) is 2.84. The zero-order chi connectivity index (χ0) is 12.8. The number of benzene rings is 1. The second kappa shape index (κ2) is 6.27. The molecular formula is C11H14F2N2O2. The second-order valence-electron chi connectivity index (χ2n) is 3.63. The molecule has 0 aliphatic heterocycles. The molecule has 0 aliphatic carbocycles. The summed E-state index contributed by atoms with van der Waals surface area (Å²) in [6.45, 7) is 0.258. The maximum absolute atomic E-state index is 13.2. The van der Waals surface area contributed by atoms with E-state index < -0.39 is 17.5 Å². The van der Waals surface area contributed by atoms with E-state index in [9.17, 15) is 13.6 Å². The number of aliphatic hydroxyl groups excluding tert-OH is 1. The maximum atomic E-state index is 13.2. The first kappa shape index (κ1) is 13.5. The van der Waals surface area contributed by atoms with Crippen LogP contribution in [-0.4, -0.2) is 42.7 Å². The van der Waals surface area contributed by atoms with Gasteiger partial charge in [-0.25, -0.2) is 8.78 Å². The van der Waals surface area contributed by atoms with Crippen molar-refractivity contribution in [3.63, 3.8) is 0 Å². The SMILES string of the molecule is CN(CCO)CC(=O)Nc1cc(F)ccc1F. The van der Waals surface area contributed by atoms with Crippen molar-refractivity contribution in [1.82, 2.24) is 4.90 Å². The fraction of sp³-hybridized carbons (Fsp3) is 0.364. The van der Waals surface area contributed by atoms with Gasteiger partial charge in [-0.2, -0.15) is 0 Å². The lowest BCUT2D eigenvalue weighted by molar-refractivity contribution is -0.117. The van der Waals surface area contributed by atoms with Crippen LogP contribution in [0, 0.1) is 11.6 Å². The Labute approximate surface area is 97.9 Å². The van der Waals surface area contributed by atoms with Gasteiger partial charge >= 0.3 is 0 Å². The van der Waals surface area contributed by atoms with E-state index in [2.05, 4.69) is 5.32 Å². The molecule has 0 radical (unpaired) electrons. The fourth-order valence-electron chi connectivity index (χ4n) is 1.28. The highest BCUT2D eigenvalue weighted by Crippen LogP contribution is 2.14. The molecule has 6 heteroatoms. The van der Waals surface area contributed by atoms with E-state index in [1.54, 1.807) is 11.9 Å². The number of hydrogen-bond acceptors (Lipinski definition) is 3. The van der Waals surface area contributed by atoms with Gasteiger partial charge in [0, 0.05) is 12.6 Å². The lowest BCUT2D eigenvalue weighted by atomic mass is 10.3. The third-order valence-corrected chi connectivity index (χ3v) is 2.10. The molecule has 1 aromatic carbocycles. The summed E-state index contributed by atoms with van der Waals surface area (Å²) in [5, 5.41) is 10.9. The Morgan fingerprint density at radius 2 is 2.18 bits per heavy atom. The van der Waals surface area contributed by atoms with E-state index in [-0.39, 0.29) is 18.8 Å². The molecule has 0 aliphatic rings. The molecule has 0 aromatic heterocycles. The summed E-state index contributed by atoms with van der Waals surface area (Å²) >= 11 is 0. The number of hydrogen-bond donors (Lipinski definition) is 2. The monoisotopic (exact) mass is 244 g/mol. The Morgan fingerprint density at radius 1 is 1.47 bits per heavy atom. The summed E-state index contributed by atoms with van der Waals surface area (Å²) in [5.74, 6) is -1.78. The van der Waals surface area contributed by atoms with E-state index in [1.807, 2.05) is 0 Å². The molecule has 0 spiro atoms. The minimum atomic E-state index is -0.690. The van der Waals surface area contributed by atoms with E-state index in [0.29, 0.717) is 6.54 Å². The summed E-state index contributed by atoms with van der Waals surface area (Å²) < 4.78 is 26.0. The number of amides is 1. The number of anilines is 1. The third kappa shape index (κ3) is 4.46. The Kier molecular flexibility index (Phi) is 4.99. The van der Waals surface area contributed by atoms with Gasteiger partial charge in [-0.15, -0.1) is 0 Å². The summed E-state index contributed by atoms with van der Waals surface area (Å²) in [5.41, 5.74) is -0.188. The molecule has 0 saturated heterocycles. The first-order valence-corrected chi connectivity index (χ1v) is 5.07. The van der Waals surface area contributed by atoms with Crippen LogP contribution < -0.4 is 5.32 Å². The van der Waals surface area contributed by atoms with E-state index in [0.717, 1.165) is 18.2 Å². The molecule has 0 bridgehead atoms. The van der Waals surface area contributed by atoms with Crippen LogP contribution in [0.4, 0.5) is 14.5 Å². The molecule has 1 amide bonds. The van der Waals surface area contributed by atoms with Crippen LogP contribution in [0.1, 0.15) is 0 Å². The molecule has 4 nitrogen and oxygen atoms in total. The van der Waals surface area contributed by atoms with Crippen molar-refractivity contribution in [3.05, 3.63) is 29.8 Å². The quantitative estimate of drug-likeness (QED) is 0.806. The summed E-state index contributed by atoms with van der Waals surface area (Å²) in [4.78, 5) is 13.0. The largest absolute Gasteiger partial charge is 0.395 e. The average molecular weight is 244 g/mol. The Bertz CT molecular complexity index is 399. The van der Waals surface area contributed by atoms with Gasteiger partial charge < -0.3 is 10.4 Å². The van der Waals surface area contributed by atoms with Gasteiger partial charge in [-0.1, -0.05) is 0 Å². The number of rotatable bonds is 5. The lowest BCUT2D eigenvalue weighted by Crippen LogP contribution is -2.32. The highest BCUT2D eigenvalue weighted by atomic mass is 19.1. The molecule has 2 N–H and O–H groups in total. The molecule has 1 aromatic rings. The molecule has 0 saturated carbocycles. The number of nitrogens with zero attached hydrogens (tertiary/aromatic N) is 1. The molecule has 94 valence electrons. The van der Waals surface area contributed by atoms with Crippen molar-refractivity contribution < 1.29 is 18.7 Å². The van der Waals surface area contributed by atoms with Gasteiger partial charge in [-0.05, 0) is 19.2 Å². The fourth-order valence-corrected chi connectivity index (χ4v) is 1.28. The minimum Gasteiger partial charge on any atom is -0.395 e. The topological polar surface area (TPSA) is 52.6 Å². The van der Waals surface area contributed by atoms with Gasteiger partial charge in [0.25, 0.3) is 0 Å². The van der Waals surface area contributed by atoms with Crippen LogP contribution in [0.2, 0.25) is 0 Å². The van der Waals surface area contributed by atoms with Crippen LogP contribution in [0.25, 0.3) is 0 Å². The highest BCUT2D eigenvalue weighted by Gasteiger charge is 2.10. The van der Waals surface area contributed by atoms with Crippen molar-refractivity contribution in [2.45, 2.75) is 0 Å². The molecule has 0 unspecified atom stereocenters. The summed E-state index contributed by atoms with van der Waals surface area (Å²) in [7, 11) is 1.64. The Morgan fingerprint density at radius 3 is 2.82 bits per heavy atom. The first-order valence-electron chi connectivity index (χ1n) is 5.07. The van der Waals surface area contributed by atoms with Gasteiger partial charge in [-0.3, -0.25) is 9.69 Å². The Balaban J connectivity index is 2.58. The van der Waals surface area contributed by atoms with Crippen LogP contribution in [0.3, 0.4) is 0 Å². The predicted molar refractivity (Wildman–Crippen MR) is 59.6 cm³/mol. The summed E-state index contributed by atoms with van der Waals surface area (Å²) in [6.07, 6.45) is 0. The van der Waals surface area contributed by atoms with Gasteiger partial charge in [0.2, 0.25) is 5.91 Å². The standard InChI is InChI=1S/C11H14F2N2O2/c1-15(4-5-16)7-11(17)14-10-6-8(12)2-3-9(10)13/h2-3,6,16H,4-5,7H2,1H3,(H,14,17). The van der Waals surface area contributed by atoms with Gasteiger partial charge in [0.15, 0.2) is 0 Å². The van der Waals surface area contributed by atoms with Crippen molar-refractivity contribution in [3.8, 4) is 0 Å². The Hall–Kier alpha value is -1.53. The number of nitrogens with one attached hydrogen (secondary N) is 1. The van der Waals surface area contributed by atoms with Crippen molar-refractivity contribution in [1.29, 1.82) is 0 Å². The molecule has 0 atom stereocenters. The van der Waals surface area contributed by atoms with E-state index in [1.165, 1.54) is 0 Å². The van der Waals surface area contributed by atoms with Crippen molar-refractivity contribution in [2.75, 3.05) is 32.1 Å². The van der Waals surface area contributed by atoms with Crippen LogP contribution in [0.5, 0.6) is 0 Å². The highest BCUT2D eigenvalue weighted by molar-refractivity contribution is 5.92. The number of likely N-dealkylation sites (N-methyl/N-ethyl adjacent to an activating group) is 1. The first-order chi connectivity index (χ1) is 8.02. The maximum Gasteiger partial charge on any atom is 0.238 e. The molecule has 0 heterocycles.